The average molecular weight is 470 g/mol. The highest BCUT2D eigenvalue weighted by atomic mass is 79.9. The SMILES string of the molecule is Cc1ccccc1OCCn1cc(/C=C2\NC(=S)N(C)C2=O)c2cc(Br)ccc21. The molecule has 0 spiro atoms. The number of hydrogen-bond donors (Lipinski definition) is 1. The third kappa shape index (κ3) is 3.93. The second kappa shape index (κ2) is 8.00. The van der Waals surface area contributed by atoms with Crippen LogP contribution >= 0.6 is 28.1 Å². The number of hydrogen-bond acceptors (Lipinski definition) is 3. The molecule has 1 aliphatic rings. The van der Waals surface area contributed by atoms with Crippen LogP contribution in [0.15, 0.2) is 58.8 Å². The number of para-hydroxylation sites is 1. The van der Waals surface area contributed by atoms with Crippen molar-refractivity contribution in [3.8, 4) is 5.75 Å². The lowest BCUT2D eigenvalue weighted by atomic mass is 10.1. The zero-order chi connectivity index (χ0) is 20.5. The number of carbonyl (C=O) groups is 1. The Morgan fingerprint density at radius 1 is 1.24 bits per heavy atom. The maximum absolute atomic E-state index is 12.4. The molecule has 1 saturated heterocycles. The fraction of sp³-hybridized carbons (Fsp3) is 0.182. The standard InChI is InChI=1S/C22H20BrN3O2S/c1-14-5-3-4-6-20(14)28-10-9-26-13-15(17-12-16(23)7-8-19(17)26)11-18-21(27)25(2)22(29)24-18/h3-8,11-13H,9-10H2,1-2H3,(H,24,29)/b18-11-. The minimum Gasteiger partial charge on any atom is -0.491 e. The van der Waals surface area contributed by atoms with E-state index in [4.69, 9.17) is 17.0 Å². The molecule has 1 amide bonds. The first-order chi connectivity index (χ1) is 13.9. The number of rotatable bonds is 5. The first kappa shape index (κ1) is 19.7. The minimum atomic E-state index is -0.131. The monoisotopic (exact) mass is 469 g/mol. The van der Waals surface area contributed by atoms with Gasteiger partial charge in [-0.15, -0.1) is 0 Å². The van der Waals surface area contributed by atoms with Crippen molar-refractivity contribution in [1.82, 2.24) is 14.8 Å². The molecule has 0 aliphatic carbocycles. The summed E-state index contributed by atoms with van der Waals surface area (Å²) in [5, 5.41) is 4.45. The summed E-state index contributed by atoms with van der Waals surface area (Å²) in [5.41, 5.74) is 3.62. The molecule has 3 aromatic rings. The van der Waals surface area contributed by atoms with Crippen molar-refractivity contribution in [2.75, 3.05) is 13.7 Å². The van der Waals surface area contributed by atoms with Crippen molar-refractivity contribution in [3.05, 3.63) is 70.0 Å². The largest absolute Gasteiger partial charge is 0.491 e. The first-order valence-electron chi connectivity index (χ1n) is 9.21. The number of likely N-dealkylation sites (N-methyl/N-ethyl adjacent to an activating group) is 1. The Hall–Kier alpha value is -2.64. The number of nitrogens with zero attached hydrogens (tertiary/aromatic N) is 2. The van der Waals surface area contributed by atoms with Crippen LogP contribution in [0.1, 0.15) is 11.1 Å². The van der Waals surface area contributed by atoms with Crippen molar-refractivity contribution in [3.63, 3.8) is 0 Å². The maximum atomic E-state index is 12.4. The Morgan fingerprint density at radius 3 is 2.76 bits per heavy atom. The molecule has 7 heteroatoms. The van der Waals surface area contributed by atoms with Crippen molar-refractivity contribution in [1.29, 1.82) is 0 Å². The fourth-order valence-corrected chi connectivity index (χ4v) is 3.90. The molecule has 1 aliphatic heterocycles. The van der Waals surface area contributed by atoms with E-state index in [1.54, 1.807) is 7.05 Å². The molecule has 0 unspecified atom stereocenters. The topological polar surface area (TPSA) is 46.5 Å². The Kier molecular flexibility index (Phi) is 5.43. The number of carbonyl (C=O) groups excluding carboxylic acids is 1. The molecular weight excluding hydrogens is 450 g/mol. The lowest BCUT2D eigenvalue weighted by Gasteiger charge is -2.10. The zero-order valence-corrected chi connectivity index (χ0v) is 18.5. The summed E-state index contributed by atoms with van der Waals surface area (Å²) >= 11 is 8.72. The van der Waals surface area contributed by atoms with Gasteiger partial charge in [-0.25, -0.2) is 0 Å². The third-order valence-electron chi connectivity index (χ3n) is 4.94. The lowest BCUT2D eigenvalue weighted by Crippen LogP contribution is -2.25. The zero-order valence-electron chi connectivity index (χ0n) is 16.1. The van der Waals surface area contributed by atoms with Crippen LogP contribution in [-0.2, 0) is 11.3 Å². The second-order valence-electron chi connectivity index (χ2n) is 6.91. The number of thiocarbonyl (C=S) groups is 1. The van der Waals surface area contributed by atoms with Crippen LogP contribution in [0.3, 0.4) is 0 Å². The molecule has 2 heterocycles. The fourth-order valence-electron chi connectivity index (χ4n) is 3.35. The van der Waals surface area contributed by atoms with Gasteiger partial charge >= 0.3 is 0 Å². The molecular formula is C22H20BrN3O2S. The number of aryl methyl sites for hydroxylation is 1. The molecule has 0 bridgehead atoms. The molecule has 29 heavy (non-hydrogen) atoms. The van der Waals surface area contributed by atoms with Crippen LogP contribution in [0.25, 0.3) is 17.0 Å². The average Bonchev–Trinajstić information content (AvgIpc) is 3.15. The summed E-state index contributed by atoms with van der Waals surface area (Å²) in [4.78, 5) is 13.8. The van der Waals surface area contributed by atoms with E-state index in [1.165, 1.54) is 4.90 Å². The van der Waals surface area contributed by atoms with Gasteiger partial charge in [0.2, 0.25) is 0 Å². The molecule has 1 aromatic heterocycles. The summed E-state index contributed by atoms with van der Waals surface area (Å²) in [6.07, 6.45) is 3.90. The summed E-state index contributed by atoms with van der Waals surface area (Å²) in [5.74, 6) is 0.764. The molecule has 5 nitrogen and oxygen atoms in total. The normalized spacial score (nSPS) is 15.4. The number of benzene rings is 2. The van der Waals surface area contributed by atoms with Crippen LogP contribution in [0.2, 0.25) is 0 Å². The van der Waals surface area contributed by atoms with Gasteiger partial charge in [0, 0.05) is 34.2 Å². The van der Waals surface area contributed by atoms with Gasteiger partial charge in [-0.2, -0.15) is 0 Å². The number of fused-ring (bicyclic) bond motifs is 1. The van der Waals surface area contributed by atoms with Crippen molar-refractivity contribution in [2.45, 2.75) is 13.5 Å². The van der Waals surface area contributed by atoms with Gasteiger partial charge in [0.05, 0.1) is 6.54 Å². The molecule has 0 radical (unpaired) electrons. The van der Waals surface area contributed by atoms with Crippen LogP contribution in [-0.4, -0.2) is 34.1 Å². The number of aromatic nitrogens is 1. The van der Waals surface area contributed by atoms with Crippen LogP contribution < -0.4 is 10.1 Å². The molecule has 4 rings (SSSR count). The highest BCUT2D eigenvalue weighted by Crippen LogP contribution is 2.28. The second-order valence-corrected chi connectivity index (χ2v) is 8.21. The van der Waals surface area contributed by atoms with Gasteiger partial charge in [-0.3, -0.25) is 9.69 Å². The highest BCUT2D eigenvalue weighted by molar-refractivity contribution is 9.10. The van der Waals surface area contributed by atoms with E-state index in [1.807, 2.05) is 49.5 Å². The van der Waals surface area contributed by atoms with E-state index in [2.05, 4.69) is 37.9 Å². The van der Waals surface area contributed by atoms with Crippen molar-refractivity contribution < 1.29 is 9.53 Å². The molecule has 0 saturated carbocycles. The van der Waals surface area contributed by atoms with Crippen molar-refractivity contribution >= 4 is 56.1 Å². The van der Waals surface area contributed by atoms with Gasteiger partial charge in [0.25, 0.3) is 5.91 Å². The van der Waals surface area contributed by atoms with E-state index in [0.29, 0.717) is 24.0 Å². The quantitative estimate of drug-likeness (QED) is 0.442. The van der Waals surface area contributed by atoms with Gasteiger partial charge in [-0.1, -0.05) is 34.1 Å². The van der Waals surface area contributed by atoms with Gasteiger partial charge < -0.3 is 14.6 Å². The van der Waals surface area contributed by atoms with E-state index in [0.717, 1.165) is 32.3 Å². The Bertz CT molecular complexity index is 1150. The highest BCUT2D eigenvalue weighted by Gasteiger charge is 2.27. The van der Waals surface area contributed by atoms with E-state index in [9.17, 15) is 4.79 Å². The number of nitrogens with one attached hydrogen (secondary N) is 1. The molecule has 1 N–H and O–H groups in total. The predicted octanol–water partition coefficient (Wildman–Crippen LogP) is 4.48. The maximum Gasteiger partial charge on any atom is 0.276 e. The Morgan fingerprint density at radius 2 is 2.03 bits per heavy atom. The Labute approximate surface area is 183 Å². The van der Waals surface area contributed by atoms with Crippen molar-refractivity contribution in [2.24, 2.45) is 0 Å². The summed E-state index contributed by atoms with van der Waals surface area (Å²) < 4.78 is 9.10. The van der Waals surface area contributed by atoms with Crippen LogP contribution in [0, 0.1) is 6.92 Å². The van der Waals surface area contributed by atoms with Gasteiger partial charge in [0.15, 0.2) is 5.11 Å². The van der Waals surface area contributed by atoms with E-state index >= 15 is 0 Å². The number of amides is 1. The third-order valence-corrected chi connectivity index (χ3v) is 5.81. The number of halogens is 1. The Balaban J connectivity index is 1.63. The molecule has 148 valence electrons. The summed E-state index contributed by atoms with van der Waals surface area (Å²) in [6.45, 7) is 3.27. The summed E-state index contributed by atoms with van der Waals surface area (Å²) in [7, 11) is 1.67. The number of ether oxygens (including phenoxy) is 1. The molecule has 1 fully saturated rings. The smallest absolute Gasteiger partial charge is 0.276 e. The predicted molar refractivity (Wildman–Crippen MR) is 123 cm³/mol. The van der Waals surface area contributed by atoms with Gasteiger partial charge in [-0.05, 0) is 55.0 Å². The lowest BCUT2D eigenvalue weighted by molar-refractivity contribution is -0.121. The first-order valence-corrected chi connectivity index (χ1v) is 10.4. The van der Waals surface area contributed by atoms with Crippen LogP contribution in [0.4, 0.5) is 0 Å². The summed E-state index contributed by atoms with van der Waals surface area (Å²) in [6, 6.07) is 14.1. The molecule has 0 atom stereocenters. The minimum absolute atomic E-state index is 0.131. The molecule has 2 aromatic carbocycles. The van der Waals surface area contributed by atoms with Gasteiger partial charge in [0.1, 0.15) is 18.1 Å². The van der Waals surface area contributed by atoms with E-state index < -0.39 is 0 Å². The van der Waals surface area contributed by atoms with Crippen LogP contribution in [0.5, 0.6) is 5.75 Å². The van der Waals surface area contributed by atoms with E-state index in [-0.39, 0.29) is 5.91 Å².